The van der Waals surface area contributed by atoms with Crippen LogP contribution >= 0.6 is 0 Å². The van der Waals surface area contributed by atoms with Crippen molar-refractivity contribution >= 4 is 17.6 Å². The third kappa shape index (κ3) is 2.70. The molecule has 102 valence electrons. The van der Waals surface area contributed by atoms with E-state index in [1.54, 1.807) is 24.3 Å². The molecule has 1 aromatic carbocycles. The Kier molecular flexibility index (Phi) is 4.04. The predicted octanol–water partition coefficient (Wildman–Crippen LogP) is 1.75. The van der Waals surface area contributed by atoms with E-state index in [2.05, 4.69) is 0 Å². The van der Waals surface area contributed by atoms with E-state index in [1.807, 2.05) is 6.92 Å². The zero-order valence-corrected chi connectivity index (χ0v) is 11.1. The van der Waals surface area contributed by atoms with Crippen molar-refractivity contribution < 1.29 is 19.1 Å². The van der Waals surface area contributed by atoms with Crippen LogP contribution in [-0.4, -0.2) is 31.6 Å². The van der Waals surface area contributed by atoms with Crippen LogP contribution in [0.3, 0.4) is 0 Å². The number of hydrogen-bond acceptors (Lipinski definition) is 4. The Labute approximate surface area is 112 Å². The molecule has 2 rings (SSSR count). The number of methoxy groups -OCH3 is 1. The maximum atomic E-state index is 11.9. The summed E-state index contributed by atoms with van der Waals surface area (Å²) in [6, 6.07) is 6.63. The fourth-order valence-electron chi connectivity index (χ4n) is 2.24. The quantitative estimate of drug-likeness (QED) is 0.777. The number of esters is 1. The van der Waals surface area contributed by atoms with Crippen LogP contribution in [0, 0.1) is 0 Å². The van der Waals surface area contributed by atoms with Gasteiger partial charge in [0.1, 0.15) is 11.8 Å². The van der Waals surface area contributed by atoms with Crippen molar-refractivity contribution in [2.75, 3.05) is 18.6 Å². The first-order chi connectivity index (χ1) is 9.17. The minimum atomic E-state index is -0.518. The number of ether oxygens (including phenoxy) is 2. The summed E-state index contributed by atoms with van der Waals surface area (Å²) in [7, 11) is 1.33. The van der Waals surface area contributed by atoms with E-state index in [9.17, 15) is 9.59 Å². The van der Waals surface area contributed by atoms with Crippen LogP contribution < -0.4 is 9.64 Å². The first kappa shape index (κ1) is 13.4. The van der Waals surface area contributed by atoms with Crippen molar-refractivity contribution in [3.05, 3.63) is 24.3 Å². The summed E-state index contributed by atoms with van der Waals surface area (Å²) in [6.45, 7) is 2.50. The molecule has 1 atom stereocenters. The minimum absolute atomic E-state index is 0.0560. The van der Waals surface area contributed by atoms with Gasteiger partial charge in [0.25, 0.3) is 0 Å². The van der Waals surface area contributed by atoms with E-state index >= 15 is 0 Å². The van der Waals surface area contributed by atoms with Gasteiger partial charge in [0.15, 0.2) is 0 Å². The number of carbonyl (C=O) groups is 2. The van der Waals surface area contributed by atoms with Crippen molar-refractivity contribution in [3.8, 4) is 5.75 Å². The van der Waals surface area contributed by atoms with Crippen LogP contribution in [0.4, 0.5) is 5.69 Å². The van der Waals surface area contributed by atoms with Crippen molar-refractivity contribution in [2.24, 2.45) is 0 Å². The highest BCUT2D eigenvalue weighted by atomic mass is 16.5. The Bertz CT molecular complexity index is 469. The average Bonchev–Trinajstić information content (AvgIpc) is 2.81. The molecule has 1 aliphatic rings. The molecule has 5 heteroatoms. The number of hydrogen-bond donors (Lipinski definition) is 0. The number of anilines is 1. The van der Waals surface area contributed by atoms with Gasteiger partial charge in [0.2, 0.25) is 5.91 Å². The van der Waals surface area contributed by atoms with E-state index in [1.165, 1.54) is 12.0 Å². The molecule has 0 radical (unpaired) electrons. The Morgan fingerprint density at radius 2 is 2.05 bits per heavy atom. The molecule has 1 unspecified atom stereocenters. The lowest BCUT2D eigenvalue weighted by Gasteiger charge is -2.23. The van der Waals surface area contributed by atoms with Gasteiger partial charge in [0, 0.05) is 12.1 Å². The van der Waals surface area contributed by atoms with E-state index in [-0.39, 0.29) is 11.9 Å². The molecule has 0 N–H and O–H groups in total. The Balaban J connectivity index is 2.22. The third-order valence-electron chi connectivity index (χ3n) is 3.11. The maximum Gasteiger partial charge on any atom is 0.328 e. The highest BCUT2D eigenvalue weighted by Crippen LogP contribution is 2.28. The summed E-state index contributed by atoms with van der Waals surface area (Å²) < 4.78 is 10.1. The van der Waals surface area contributed by atoms with Crippen molar-refractivity contribution in [3.63, 3.8) is 0 Å². The number of nitrogens with zero attached hydrogens (tertiary/aromatic N) is 1. The third-order valence-corrected chi connectivity index (χ3v) is 3.11. The smallest absolute Gasteiger partial charge is 0.328 e. The average molecular weight is 263 g/mol. The molecule has 19 heavy (non-hydrogen) atoms. The molecule has 1 aliphatic heterocycles. The molecule has 1 amide bonds. The maximum absolute atomic E-state index is 11.9. The zero-order valence-electron chi connectivity index (χ0n) is 11.1. The minimum Gasteiger partial charge on any atom is -0.494 e. The molecule has 1 fully saturated rings. The van der Waals surface area contributed by atoms with Gasteiger partial charge in [-0.2, -0.15) is 0 Å². The van der Waals surface area contributed by atoms with Crippen molar-refractivity contribution in [1.82, 2.24) is 0 Å². The Morgan fingerprint density at radius 3 is 2.63 bits per heavy atom. The fourth-order valence-corrected chi connectivity index (χ4v) is 2.24. The van der Waals surface area contributed by atoms with Gasteiger partial charge in [-0.3, -0.25) is 9.69 Å². The monoisotopic (exact) mass is 263 g/mol. The van der Waals surface area contributed by atoms with Crippen LogP contribution in [0.5, 0.6) is 5.75 Å². The van der Waals surface area contributed by atoms with Gasteiger partial charge in [-0.1, -0.05) is 0 Å². The SMILES string of the molecule is CCOc1ccc(N2C(=O)CCC2C(=O)OC)cc1. The molecule has 5 nitrogen and oxygen atoms in total. The van der Waals surface area contributed by atoms with E-state index in [4.69, 9.17) is 9.47 Å². The van der Waals surface area contributed by atoms with Gasteiger partial charge in [-0.15, -0.1) is 0 Å². The van der Waals surface area contributed by atoms with Gasteiger partial charge in [-0.05, 0) is 37.6 Å². The molecule has 1 heterocycles. The zero-order chi connectivity index (χ0) is 13.8. The highest BCUT2D eigenvalue weighted by Gasteiger charge is 2.37. The van der Waals surface area contributed by atoms with Crippen molar-refractivity contribution in [2.45, 2.75) is 25.8 Å². The molecular weight excluding hydrogens is 246 g/mol. The largest absolute Gasteiger partial charge is 0.494 e. The molecular formula is C14H17NO4. The number of rotatable bonds is 4. The second kappa shape index (κ2) is 5.73. The molecule has 1 saturated heterocycles. The number of benzene rings is 1. The molecule has 0 bridgehead atoms. The second-order valence-electron chi connectivity index (χ2n) is 4.27. The number of carbonyl (C=O) groups excluding carboxylic acids is 2. The molecule has 1 aromatic rings. The number of amides is 1. The second-order valence-corrected chi connectivity index (χ2v) is 4.27. The highest BCUT2D eigenvalue weighted by molar-refractivity contribution is 6.02. The molecule has 0 aliphatic carbocycles. The Hall–Kier alpha value is -2.04. The Morgan fingerprint density at radius 1 is 1.37 bits per heavy atom. The first-order valence-electron chi connectivity index (χ1n) is 6.30. The van der Waals surface area contributed by atoms with Crippen LogP contribution in [0.1, 0.15) is 19.8 Å². The summed E-state index contributed by atoms with van der Waals surface area (Å²) >= 11 is 0. The standard InChI is InChI=1S/C14H17NO4/c1-3-19-11-6-4-10(5-7-11)15-12(14(17)18-2)8-9-13(15)16/h4-7,12H,3,8-9H2,1-2H3. The molecule has 0 aromatic heterocycles. The summed E-state index contributed by atoms with van der Waals surface area (Å²) in [4.78, 5) is 25.1. The fraction of sp³-hybridized carbons (Fsp3) is 0.429. The van der Waals surface area contributed by atoms with Crippen LogP contribution in [0.2, 0.25) is 0 Å². The van der Waals surface area contributed by atoms with Crippen LogP contribution in [0.15, 0.2) is 24.3 Å². The van der Waals surface area contributed by atoms with E-state index in [0.29, 0.717) is 25.1 Å². The summed E-state index contributed by atoms with van der Waals surface area (Å²) in [5, 5.41) is 0. The van der Waals surface area contributed by atoms with Crippen LogP contribution in [0.25, 0.3) is 0 Å². The van der Waals surface area contributed by atoms with Gasteiger partial charge in [0.05, 0.1) is 13.7 Å². The van der Waals surface area contributed by atoms with Gasteiger partial charge >= 0.3 is 5.97 Å². The van der Waals surface area contributed by atoms with E-state index < -0.39 is 6.04 Å². The molecule has 0 spiro atoms. The predicted molar refractivity (Wildman–Crippen MR) is 70.1 cm³/mol. The molecule has 0 saturated carbocycles. The van der Waals surface area contributed by atoms with Gasteiger partial charge < -0.3 is 9.47 Å². The van der Waals surface area contributed by atoms with E-state index in [0.717, 1.165) is 5.75 Å². The van der Waals surface area contributed by atoms with Crippen molar-refractivity contribution in [1.29, 1.82) is 0 Å². The first-order valence-corrected chi connectivity index (χ1v) is 6.30. The normalized spacial score (nSPS) is 18.5. The summed E-state index contributed by atoms with van der Waals surface area (Å²) in [5.74, 6) is 0.312. The lowest BCUT2D eigenvalue weighted by Crippen LogP contribution is -2.39. The van der Waals surface area contributed by atoms with Crippen LogP contribution in [-0.2, 0) is 14.3 Å². The lowest BCUT2D eigenvalue weighted by atomic mass is 10.2. The lowest BCUT2D eigenvalue weighted by molar-refractivity contribution is -0.142. The topological polar surface area (TPSA) is 55.8 Å². The van der Waals surface area contributed by atoms with Gasteiger partial charge in [-0.25, -0.2) is 4.79 Å². The summed E-state index contributed by atoms with van der Waals surface area (Å²) in [6.07, 6.45) is 0.867. The summed E-state index contributed by atoms with van der Waals surface area (Å²) in [5.41, 5.74) is 0.696.